The number of rotatable bonds is 2. The van der Waals surface area contributed by atoms with Gasteiger partial charge in [0, 0.05) is 17.8 Å². The summed E-state index contributed by atoms with van der Waals surface area (Å²) in [6, 6.07) is 3.82. The van der Waals surface area contributed by atoms with Gasteiger partial charge in [0.05, 0.1) is 5.41 Å². The van der Waals surface area contributed by atoms with E-state index in [1.54, 1.807) is 12.4 Å². The molecular formula is C13H16ClNO. The van der Waals surface area contributed by atoms with Crippen molar-refractivity contribution in [3.05, 3.63) is 30.1 Å². The summed E-state index contributed by atoms with van der Waals surface area (Å²) in [6.45, 7) is 0. The van der Waals surface area contributed by atoms with Crippen LogP contribution in [0, 0.1) is 0 Å². The molecule has 1 heterocycles. The van der Waals surface area contributed by atoms with Gasteiger partial charge in [-0.05, 0) is 30.5 Å². The molecule has 0 saturated heterocycles. The lowest BCUT2D eigenvalue weighted by molar-refractivity contribution is -0.112. The Balaban J connectivity index is 2.40. The van der Waals surface area contributed by atoms with E-state index in [1.165, 1.54) is 6.42 Å². The third-order valence-corrected chi connectivity index (χ3v) is 4.14. The highest BCUT2D eigenvalue weighted by Crippen LogP contribution is 2.39. The van der Waals surface area contributed by atoms with Crippen molar-refractivity contribution in [3.8, 4) is 0 Å². The molecule has 0 aliphatic heterocycles. The van der Waals surface area contributed by atoms with Gasteiger partial charge in [-0.1, -0.05) is 19.3 Å². The molecule has 1 aromatic heterocycles. The highest BCUT2D eigenvalue weighted by atomic mass is 35.5. The number of pyridine rings is 1. The van der Waals surface area contributed by atoms with E-state index in [2.05, 4.69) is 4.98 Å². The van der Waals surface area contributed by atoms with E-state index in [9.17, 15) is 4.79 Å². The molecule has 0 bridgehead atoms. The number of carbonyl (C=O) groups excluding carboxylic acids is 1. The molecule has 0 radical (unpaired) electrons. The molecule has 2 nitrogen and oxygen atoms in total. The van der Waals surface area contributed by atoms with Crippen molar-refractivity contribution < 1.29 is 4.79 Å². The molecule has 2 unspecified atom stereocenters. The second-order valence-electron chi connectivity index (χ2n) is 4.46. The molecular weight excluding hydrogens is 222 g/mol. The standard InChI is InChI=1S/C13H16ClNO/c14-12-4-2-1-3-7-13(12,10-16)11-5-8-15-9-6-11/h5-6,8-10,12H,1-4,7H2. The van der Waals surface area contributed by atoms with Crippen LogP contribution in [0.3, 0.4) is 0 Å². The Hall–Kier alpha value is -0.890. The molecule has 1 fully saturated rings. The lowest BCUT2D eigenvalue weighted by atomic mass is 9.75. The summed E-state index contributed by atoms with van der Waals surface area (Å²) in [5.41, 5.74) is 0.514. The van der Waals surface area contributed by atoms with Crippen LogP contribution in [0.2, 0.25) is 0 Å². The van der Waals surface area contributed by atoms with Gasteiger partial charge >= 0.3 is 0 Å². The zero-order valence-corrected chi connectivity index (χ0v) is 9.99. The predicted molar refractivity (Wildman–Crippen MR) is 64.7 cm³/mol. The Kier molecular flexibility index (Phi) is 3.59. The molecule has 2 atom stereocenters. The first kappa shape index (κ1) is 11.6. The van der Waals surface area contributed by atoms with E-state index >= 15 is 0 Å². The second kappa shape index (κ2) is 4.96. The van der Waals surface area contributed by atoms with Crippen LogP contribution >= 0.6 is 11.6 Å². The summed E-state index contributed by atoms with van der Waals surface area (Å²) in [4.78, 5) is 15.5. The van der Waals surface area contributed by atoms with Crippen LogP contribution in [0.1, 0.15) is 37.7 Å². The van der Waals surface area contributed by atoms with Crippen LogP contribution in [0.25, 0.3) is 0 Å². The third-order valence-electron chi connectivity index (χ3n) is 3.54. The Bertz CT molecular complexity index is 354. The number of halogens is 1. The molecule has 1 saturated carbocycles. The Morgan fingerprint density at radius 1 is 1.31 bits per heavy atom. The lowest BCUT2D eigenvalue weighted by Gasteiger charge is -2.31. The number of aromatic nitrogens is 1. The van der Waals surface area contributed by atoms with Gasteiger partial charge < -0.3 is 4.79 Å². The van der Waals surface area contributed by atoms with E-state index in [4.69, 9.17) is 11.6 Å². The maximum Gasteiger partial charge on any atom is 0.132 e. The van der Waals surface area contributed by atoms with Gasteiger partial charge in [-0.15, -0.1) is 11.6 Å². The maximum atomic E-state index is 11.5. The smallest absolute Gasteiger partial charge is 0.132 e. The molecule has 1 aliphatic carbocycles. The highest BCUT2D eigenvalue weighted by Gasteiger charge is 2.40. The van der Waals surface area contributed by atoms with Crippen LogP contribution < -0.4 is 0 Å². The van der Waals surface area contributed by atoms with E-state index < -0.39 is 5.41 Å². The van der Waals surface area contributed by atoms with Gasteiger partial charge in [-0.2, -0.15) is 0 Å². The van der Waals surface area contributed by atoms with E-state index in [-0.39, 0.29) is 5.38 Å². The first-order valence-corrected chi connectivity index (χ1v) is 6.24. The number of nitrogens with zero attached hydrogens (tertiary/aromatic N) is 1. The monoisotopic (exact) mass is 237 g/mol. The number of hydrogen-bond donors (Lipinski definition) is 0. The van der Waals surface area contributed by atoms with Gasteiger partial charge in [0.1, 0.15) is 6.29 Å². The first-order chi connectivity index (χ1) is 7.79. The number of alkyl halides is 1. The maximum absolute atomic E-state index is 11.5. The normalized spacial score (nSPS) is 30.7. The molecule has 0 spiro atoms. The van der Waals surface area contributed by atoms with E-state index in [0.717, 1.165) is 37.5 Å². The minimum Gasteiger partial charge on any atom is -0.302 e. The van der Waals surface area contributed by atoms with Crippen molar-refractivity contribution >= 4 is 17.9 Å². The molecule has 0 aromatic carbocycles. The van der Waals surface area contributed by atoms with Crippen LogP contribution in [0.15, 0.2) is 24.5 Å². The van der Waals surface area contributed by atoms with Gasteiger partial charge in [0.2, 0.25) is 0 Å². The Labute approximate surface area is 101 Å². The van der Waals surface area contributed by atoms with Crippen molar-refractivity contribution in [2.45, 2.75) is 42.9 Å². The fraction of sp³-hybridized carbons (Fsp3) is 0.538. The molecule has 0 amide bonds. The van der Waals surface area contributed by atoms with Crippen LogP contribution in [-0.4, -0.2) is 16.6 Å². The van der Waals surface area contributed by atoms with Crippen LogP contribution in [0.4, 0.5) is 0 Å². The average Bonchev–Trinajstić information content (AvgIpc) is 2.53. The van der Waals surface area contributed by atoms with Gasteiger partial charge in [-0.3, -0.25) is 4.98 Å². The van der Waals surface area contributed by atoms with Gasteiger partial charge in [-0.25, -0.2) is 0 Å². The van der Waals surface area contributed by atoms with Gasteiger partial charge in [0.25, 0.3) is 0 Å². The van der Waals surface area contributed by atoms with Crippen LogP contribution in [0.5, 0.6) is 0 Å². The molecule has 0 N–H and O–H groups in total. The van der Waals surface area contributed by atoms with E-state index in [1.807, 2.05) is 12.1 Å². The second-order valence-corrected chi connectivity index (χ2v) is 4.99. The van der Waals surface area contributed by atoms with Crippen molar-refractivity contribution in [1.29, 1.82) is 0 Å². The van der Waals surface area contributed by atoms with Crippen molar-refractivity contribution in [2.75, 3.05) is 0 Å². The zero-order chi connectivity index (χ0) is 11.4. The summed E-state index contributed by atoms with van der Waals surface area (Å²) in [5, 5.41) is -0.0881. The molecule has 16 heavy (non-hydrogen) atoms. The highest BCUT2D eigenvalue weighted by molar-refractivity contribution is 6.22. The first-order valence-electron chi connectivity index (χ1n) is 5.80. The molecule has 1 aromatic rings. The largest absolute Gasteiger partial charge is 0.302 e. The molecule has 1 aliphatic rings. The predicted octanol–water partition coefficient (Wildman–Crippen LogP) is 3.09. The number of hydrogen-bond acceptors (Lipinski definition) is 2. The summed E-state index contributed by atoms with van der Waals surface area (Å²) < 4.78 is 0. The minimum atomic E-state index is -0.499. The van der Waals surface area contributed by atoms with E-state index in [0.29, 0.717) is 0 Å². The Morgan fingerprint density at radius 3 is 2.75 bits per heavy atom. The fourth-order valence-electron chi connectivity index (χ4n) is 2.52. The van der Waals surface area contributed by atoms with Gasteiger partial charge in [0.15, 0.2) is 0 Å². The van der Waals surface area contributed by atoms with Crippen molar-refractivity contribution in [1.82, 2.24) is 4.98 Å². The quantitative estimate of drug-likeness (QED) is 0.450. The van der Waals surface area contributed by atoms with Crippen molar-refractivity contribution in [3.63, 3.8) is 0 Å². The Morgan fingerprint density at radius 2 is 2.06 bits per heavy atom. The summed E-state index contributed by atoms with van der Waals surface area (Å²) >= 11 is 6.43. The number of carbonyl (C=O) groups is 1. The zero-order valence-electron chi connectivity index (χ0n) is 9.23. The number of aldehydes is 1. The molecule has 2 rings (SSSR count). The third kappa shape index (κ3) is 1.99. The summed E-state index contributed by atoms with van der Waals surface area (Å²) in [7, 11) is 0. The average molecular weight is 238 g/mol. The summed E-state index contributed by atoms with van der Waals surface area (Å²) in [5.74, 6) is 0. The lowest BCUT2D eigenvalue weighted by Crippen LogP contribution is -2.37. The summed E-state index contributed by atoms with van der Waals surface area (Å²) in [6.07, 6.45) is 9.65. The van der Waals surface area contributed by atoms with Crippen LogP contribution in [-0.2, 0) is 10.2 Å². The topological polar surface area (TPSA) is 30.0 Å². The minimum absolute atomic E-state index is 0.0881. The van der Waals surface area contributed by atoms with Crippen molar-refractivity contribution in [2.24, 2.45) is 0 Å². The molecule has 3 heteroatoms. The SMILES string of the molecule is O=CC1(c2ccncc2)CCCCCC1Cl. The molecule has 86 valence electrons. The fourth-order valence-corrected chi connectivity index (χ4v) is 2.96.